The zero-order chi connectivity index (χ0) is 13.1. The number of halogens is 1. The van der Waals surface area contributed by atoms with Crippen LogP contribution in [0.4, 0.5) is 5.82 Å². The molecule has 0 aromatic carbocycles. The Kier molecular flexibility index (Phi) is 3.58. The number of pyridine rings is 1. The van der Waals surface area contributed by atoms with Crippen LogP contribution in [0.15, 0.2) is 38.5 Å². The molecule has 2 rings (SSSR count). The molecule has 0 amide bonds. The Morgan fingerprint density at radius 3 is 2.94 bits per heavy atom. The molecule has 0 fully saturated rings. The second-order valence-electron chi connectivity index (χ2n) is 3.52. The van der Waals surface area contributed by atoms with E-state index in [1.807, 2.05) is 0 Å². The lowest BCUT2D eigenvalue weighted by atomic mass is 10.3. The average Bonchev–Trinajstić information content (AvgIpc) is 2.36. The fraction of sp³-hybridized carbons (Fsp3) is 0.100. The van der Waals surface area contributed by atoms with Crippen LogP contribution < -0.4 is 22.5 Å². The van der Waals surface area contributed by atoms with Crippen molar-refractivity contribution in [3.8, 4) is 0 Å². The van der Waals surface area contributed by atoms with E-state index in [-0.39, 0.29) is 11.0 Å². The Bertz CT molecular complexity index is 678. The van der Waals surface area contributed by atoms with Crippen molar-refractivity contribution in [3.63, 3.8) is 0 Å². The molecule has 2 heterocycles. The maximum absolute atomic E-state index is 11.6. The Labute approximate surface area is 110 Å². The van der Waals surface area contributed by atoms with Crippen molar-refractivity contribution < 1.29 is 0 Å². The highest BCUT2D eigenvalue weighted by atomic mass is 79.9. The molecule has 94 valence electrons. The topological polar surface area (TPSA) is 106 Å². The largest absolute Gasteiger partial charge is 0.328 e. The number of nitrogens with zero attached hydrogens (tertiary/aromatic N) is 2. The standard InChI is InChI=1S/C10H10BrN5O2/c11-7-5-16(10(18)14-9(7)17)4-6-2-1-3-8(13-6)15-12/h1-3,5H,4,12H2,(H,13,15)(H,14,17,18). The number of nitrogens with two attached hydrogens (primary N) is 1. The van der Waals surface area contributed by atoms with E-state index in [9.17, 15) is 9.59 Å². The molecule has 18 heavy (non-hydrogen) atoms. The number of hydrogen-bond donors (Lipinski definition) is 3. The molecule has 0 aliphatic rings. The molecule has 0 spiro atoms. The van der Waals surface area contributed by atoms with Gasteiger partial charge < -0.3 is 5.43 Å². The molecule has 0 atom stereocenters. The highest BCUT2D eigenvalue weighted by Gasteiger charge is 2.04. The van der Waals surface area contributed by atoms with E-state index in [1.165, 1.54) is 10.8 Å². The minimum Gasteiger partial charge on any atom is -0.308 e. The first-order valence-corrected chi connectivity index (χ1v) is 5.81. The highest BCUT2D eigenvalue weighted by molar-refractivity contribution is 9.10. The molecule has 0 radical (unpaired) electrons. The van der Waals surface area contributed by atoms with Gasteiger partial charge in [-0.15, -0.1) is 0 Å². The highest BCUT2D eigenvalue weighted by Crippen LogP contribution is 2.05. The number of rotatable bonds is 3. The lowest BCUT2D eigenvalue weighted by Crippen LogP contribution is -2.30. The number of aromatic amines is 1. The van der Waals surface area contributed by atoms with Gasteiger partial charge in [0, 0.05) is 6.20 Å². The van der Waals surface area contributed by atoms with Crippen LogP contribution in [0.5, 0.6) is 0 Å². The zero-order valence-electron chi connectivity index (χ0n) is 9.18. The maximum Gasteiger partial charge on any atom is 0.328 e. The van der Waals surface area contributed by atoms with Crippen LogP contribution in [-0.4, -0.2) is 14.5 Å². The summed E-state index contributed by atoms with van der Waals surface area (Å²) in [5, 5.41) is 0. The van der Waals surface area contributed by atoms with E-state index in [4.69, 9.17) is 5.84 Å². The van der Waals surface area contributed by atoms with Crippen molar-refractivity contribution in [1.29, 1.82) is 0 Å². The molecule has 0 saturated heterocycles. The molecule has 7 nitrogen and oxygen atoms in total. The lowest BCUT2D eigenvalue weighted by molar-refractivity contribution is 0.701. The quantitative estimate of drug-likeness (QED) is 0.548. The molecule has 0 unspecified atom stereocenters. The predicted octanol–water partition coefficient (Wildman–Crippen LogP) is 0.0280. The van der Waals surface area contributed by atoms with Gasteiger partial charge in [0.25, 0.3) is 5.56 Å². The summed E-state index contributed by atoms with van der Waals surface area (Å²) in [6, 6.07) is 5.23. The first-order valence-electron chi connectivity index (χ1n) is 5.02. The first kappa shape index (κ1) is 12.5. The Morgan fingerprint density at radius 2 is 2.22 bits per heavy atom. The molecule has 0 bridgehead atoms. The fourth-order valence-corrected chi connectivity index (χ4v) is 1.77. The summed E-state index contributed by atoms with van der Waals surface area (Å²) in [6.45, 7) is 0.240. The van der Waals surface area contributed by atoms with E-state index in [0.29, 0.717) is 11.5 Å². The van der Waals surface area contributed by atoms with Crippen LogP contribution in [0.25, 0.3) is 0 Å². The summed E-state index contributed by atoms with van der Waals surface area (Å²) in [4.78, 5) is 29.1. The van der Waals surface area contributed by atoms with Gasteiger partial charge in [-0.2, -0.15) is 0 Å². The minimum absolute atomic E-state index is 0.240. The molecule has 0 saturated carbocycles. The summed E-state index contributed by atoms with van der Waals surface area (Å²) < 4.78 is 1.63. The second kappa shape index (κ2) is 5.15. The van der Waals surface area contributed by atoms with Gasteiger partial charge >= 0.3 is 5.69 Å². The number of anilines is 1. The van der Waals surface area contributed by atoms with Crippen LogP contribution in [0.1, 0.15) is 5.69 Å². The van der Waals surface area contributed by atoms with Crippen LogP contribution in [-0.2, 0) is 6.54 Å². The monoisotopic (exact) mass is 311 g/mol. The summed E-state index contributed by atoms with van der Waals surface area (Å²) in [6.07, 6.45) is 1.42. The van der Waals surface area contributed by atoms with Crippen molar-refractivity contribution >= 4 is 21.7 Å². The van der Waals surface area contributed by atoms with Crippen LogP contribution in [0, 0.1) is 0 Å². The van der Waals surface area contributed by atoms with Gasteiger partial charge in [-0.25, -0.2) is 15.6 Å². The van der Waals surface area contributed by atoms with E-state index in [1.54, 1.807) is 18.2 Å². The number of aromatic nitrogens is 3. The number of H-pyrrole nitrogens is 1. The summed E-state index contributed by atoms with van der Waals surface area (Å²) in [5.41, 5.74) is 2.12. The Morgan fingerprint density at radius 1 is 1.44 bits per heavy atom. The maximum atomic E-state index is 11.6. The molecular weight excluding hydrogens is 302 g/mol. The summed E-state index contributed by atoms with van der Waals surface area (Å²) in [7, 11) is 0. The van der Waals surface area contributed by atoms with Crippen molar-refractivity contribution in [2.75, 3.05) is 5.43 Å². The molecule has 2 aromatic heterocycles. The molecule has 0 aliphatic heterocycles. The molecule has 2 aromatic rings. The van der Waals surface area contributed by atoms with Gasteiger partial charge in [-0.05, 0) is 28.1 Å². The van der Waals surface area contributed by atoms with E-state index in [2.05, 4.69) is 31.3 Å². The molecule has 8 heteroatoms. The van der Waals surface area contributed by atoms with Crippen molar-refractivity contribution in [2.45, 2.75) is 6.54 Å². The fourth-order valence-electron chi connectivity index (χ4n) is 1.42. The van der Waals surface area contributed by atoms with E-state index in [0.717, 1.165) is 0 Å². The van der Waals surface area contributed by atoms with Gasteiger partial charge in [0.05, 0.1) is 16.7 Å². The number of nitrogen functional groups attached to an aromatic ring is 1. The average molecular weight is 312 g/mol. The van der Waals surface area contributed by atoms with Crippen LogP contribution in [0.2, 0.25) is 0 Å². The Hall–Kier alpha value is -1.93. The van der Waals surface area contributed by atoms with Crippen molar-refractivity contribution in [1.82, 2.24) is 14.5 Å². The SMILES string of the molecule is NNc1cccc(Cn2cc(Br)c(=O)[nH]c2=O)n1. The van der Waals surface area contributed by atoms with E-state index >= 15 is 0 Å². The third-order valence-electron chi connectivity index (χ3n) is 2.25. The number of nitrogens with one attached hydrogen (secondary N) is 2. The third kappa shape index (κ3) is 2.66. The lowest BCUT2D eigenvalue weighted by Gasteiger charge is -2.06. The molecular formula is C10H10BrN5O2. The van der Waals surface area contributed by atoms with Crippen molar-refractivity contribution in [3.05, 3.63) is 55.4 Å². The smallest absolute Gasteiger partial charge is 0.308 e. The first-order chi connectivity index (χ1) is 8.60. The van der Waals surface area contributed by atoms with Gasteiger partial charge in [-0.1, -0.05) is 6.07 Å². The molecule has 4 N–H and O–H groups in total. The zero-order valence-corrected chi connectivity index (χ0v) is 10.8. The van der Waals surface area contributed by atoms with Gasteiger partial charge in [0.1, 0.15) is 5.82 Å². The van der Waals surface area contributed by atoms with Gasteiger partial charge in [-0.3, -0.25) is 14.3 Å². The number of hydrazine groups is 1. The van der Waals surface area contributed by atoms with Crippen LogP contribution in [0.3, 0.4) is 0 Å². The third-order valence-corrected chi connectivity index (χ3v) is 2.82. The Balaban J connectivity index is 2.36. The minimum atomic E-state index is -0.490. The van der Waals surface area contributed by atoms with Gasteiger partial charge in [0.2, 0.25) is 0 Å². The normalized spacial score (nSPS) is 10.3. The van der Waals surface area contributed by atoms with Crippen molar-refractivity contribution in [2.24, 2.45) is 5.84 Å². The summed E-state index contributed by atoms with van der Waals surface area (Å²) >= 11 is 3.07. The van der Waals surface area contributed by atoms with Crippen LogP contribution >= 0.6 is 15.9 Å². The molecule has 0 aliphatic carbocycles. The van der Waals surface area contributed by atoms with E-state index < -0.39 is 11.2 Å². The summed E-state index contributed by atoms with van der Waals surface area (Å²) in [5.74, 6) is 5.75. The van der Waals surface area contributed by atoms with Gasteiger partial charge in [0.15, 0.2) is 0 Å². The predicted molar refractivity (Wildman–Crippen MR) is 70.2 cm³/mol. The number of hydrogen-bond acceptors (Lipinski definition) is 5. The second-order valence-corrected chi connectivity index (χ2v) is 4.38.